The fourth-order valence-corrected chi connectivity index (χ4v) is 13.7. The monoisotopic (exact) mass is 1250 g/mol. The van der Waals surface area contributed by atoms with Crippen molar-refractivity contribution in [3.63, 3.8) is 0 Å². The molecule has 7 aromatic rings. The number of rotatable bonds is 0. The lowest BCUT2D eigenvalue weighted by Crippen LogP contribution is -2.17. The first kappa shape index (κ1) is 67.1. The molecule has 7 aliphatic heterocycles. The summed E-state index contributed by atoms with van der Waals surface area (Å²) >= 11 is 7.71. The van der Waals surface area contributed by atoms with E-state index in [4.69, 9.17) is 37.9 Å². The summed E-state index contributed by atoms with van der Waals surface area (Å²) in [4.78, 5) is 5.51. The second kappa shape index (κ2) is 32.1. The fraction of sp³-hybridized carbons (Fsp3) is 0.432. The summed E-state index contributed by atoms with van der Waals surface area (Å²) in [5.41, 5.74) is 12.2. The Morgan fingerprint density at radius 2 is 0.736 bits per heavy atom. The Morgan fingerprint density at radius 3 is 1.38 bits per heavy atom. The molecule has 0 fully saturated rings. The quantitative estimate of drug-likeness (QED) is 0.157. The van der Waals surface area contributed by atoms with Gasteiger partial charge in [-0.3, -0.25) is 0 Å². The maximum absolute atomic E-state index is 5.66. The molecule has 87 heavy (non-hydrogen) atoms. The molecule has 0 atom stereocenters. The Hall–Kier alpha value is -5.86. The molecule has 0 spiro atoms. The standard InChI is InChI=1S/C13H18O2.C13H18O.C12H16O2.C9H11NO.2C9H10OS.C9H10S2/c1-13(2,3)10-5-6-11-12(9-10)15-8-4-7-14-11;1-13(2,3)11-6-7-12-10(9-11)5-4-8-14-12;1-12(2,3)9-4-5-10-11(8-9)14-7-6-13-10;2*1-7-2-3-9-8(6-7)10-4-5-11-9;2*1-7-2-3-8-9(6-7)11-5-4-10-8/h5-6,9H,4,7-8H2,1-3H3;6-7,9H,4-5,8H2,1-3H3;4-5,8H,6-7H2,1-3H3;2-3,6,10H,4-5H2,1H3;3*2-3,6H,4-5H2,1H3. The van der Waals surface area contributed by atoms with Crippen molar-refractivity contribution in [3.05, 3.63) is 172 Å². The molecule has 0 aliphatic carbocycles. The van der Waals surface area contributed by atoms with Crippen molar-refractivity contribution in [1.29, 1.82) is 0 Å². The van der Waals surface area contributed by atoms with Gasteiger partial charge < -0.3 is 43.2 Å². The lowest BCUT2D eigenvalue weighted by molar-refractivity contribution is 0.171. The van der Waals surface area contributed by atoms with Gasteiger partial charge in [0.25, 0.3) is 0 Å². The van der Waals surface area contributed by atoms with E-state index in [0.29, 0.717) is 13.2 Å². The number of nitrogens with one attached hydrogen (secondary N) is 1. The van der Waals surface area contributed by atoms with Gasteiger partial charge >= 0.3 is 0 Å². The minimum Gasteiger partial charge on any atom is -0.493 e. The van der Waals surface area contributed by atoms with Crippen LogP contribution in [0.5, 0.6) is 46.0 Å². The molecule has 0 amide bonds. The Bertz CT molecular complexity index is 3040. The van der Waals surface area contributed by atoms with Gasteiger partial charge in [0.05, 0.1) is 38.7 Å². The molecular weight excluding hydrogens is 1160 g/mol. The van der Waals surface area contributed by atoms with E-state index in [1.165, 1.54) is 82.0 Å². The highest BCUT2D eigenvalue weighted by molar-refractivity contribution is 8.05. The summed E-state index contributed by atoms with van der Waals surface area (Å²) < 4.78 is 44.2. The summed E-state index contributed by atoms with van der Waals surface area (Å²) in [6.45, 7) is 35.4. The number of aryl methyl sites for hydroxylation is 5. The van der Waals surface area contributed by atoms with E-state index >= 15 is 0 Å². The lowest BCUT2D eigenvalue weighted by Gasteiger charge is -2.23. The number of hydrogen-bond donors (Lipinski definition) is 1. The zero-order chi connectivity index (χ0) is 62.0. The zero-order valence-electron chi connectivity index (χ0n) is 53.8. The van der Waals surface area contributed by atoms with Crippen molar-refractivity contribution >= 4 is 52.7 Å². The molecule has 7 aromatic carbocycles. The minimum atomic E-state index is 0.157. The lowest BCUT2D eigenvalue weighted by atomic mass is 9.85. The summed E-state index contributed by atoms with van der Waals surface area (Å²) in [6, 6.07) is 44.6. The summed E-state index contributed by atoms with van der Waals surface area (Å²) in [7, 11) is 0. The first-order valence-electron chi connectivity index (χ1n) is 30.8. The van der Waals surface area contributed by atoms with Crippen LogP contribution in [0.25, 0.3) is 0 Å². The zero-order valence-corrected chi connectivity index (χ0v) is 57.1. The van der Waals surface area contributed by atoms with Gasteiger partial charge in [-0.15, -0.1) is 47.0 Å². The van der Waals surface area contributed by atoms with Crippen LogP contribution >= 0.6 is 47.0 Å². The van der Waals surface area contributed by atoms with Gasteiger partial charge in [-0.1, -0.05) is 111 Å². The smallest absolute Gasteiger partial charge is 0.161 e. The van der Waals surface area contributed by atoms with E-state index in [9.17, 15) is 0 Å². The van der Waals surface area contributed by atoms with Crippen LogP contribution in [0.4, 0.5) is 5.69 Å². The van der Waals surface area contributed by atoms with E-state index in [-0.39, 0.29) is 16.2 Å². The van der Waals surface area contributed by atoms with E-state index < -0.39 is 0 Å². The molecule has 14 rings (SSSR count). The number of thioether (sulfide) groups is 4. The van der Waals surface area contributed by atoms with E-state index in [0.717, 1.165) is 122 Å². The highest BCUT2D eigenvalue weighted by atomic mass is 32.2. The van der Waals surface area contributed by atoms with Crippen LogP contribution in [-0.4, -0.2) is 82.4 Å². The molecule has 466 valence electrons. The van der Waals surface area contributed by atoms with Gasteiger partial charge in [-0.2, -0.15) is 0 Å². The van der Waals surface area contributed by atoms with Gasteiger partial charge in [0.15, 0.2) is 23.0 Å². The fourth-order valence-electron chi connectivity index (χ4n) is 9.67. The van der Waals surface area contributed by atoms with Gasteiger partial charge in [0, 0.05) is 55.6 Å². The summed E-state index contributed by atoms with van der Waals surface area (Å²) in [5, 5.41) is 3.28. The average Bonchev–Trinajstić information content (AvgIpc) is 3.40. The predicted molar refractivity (Wildman–Crippen MR) is 368 cm³/mol. The maximum atomic E-state index is 5.66. The molecule has 0 aromatic heterocycles. The van der Waals surface area contributed by atoms with Crippen LogP contribution < -0.4 is 43.2 Å². The van der Waals surface area contributed by atoms with Crippen molar-refractivity contribution in [2.45, 2.75) is 145 Å². The molecular formula is C74H93NO8S4. The van der Waals surface area contributed by atoms with Gasteiger partial charge in [-0.25, -0.2) is 0 Å². The first-order valence-corrected chi connectivity index (χ1v) is 34.7. The normalized spacial score (nSPS) is 15.6. The van der Waals surface area contributed by atoms with Crippen molar-refractivity contribution in [3.8, 4) is 46.0 Å². The number of hydrogen-bond acceptors (Lipinski definition) is 13. The molecule has 13 heteroatoms. The summed E-state index contributed by atoms with van der Waals surface area (Å²) in [5.74, 6) is 12.4. The Balaban J connectivity index is 0.000000132. The summed E-state index contributed by atoms with van der Waals surface area (Å²) in [6.07, 6.45) is 3.28. The number of ether oxygens (including phenoxy) is 8. The third-order valence-corrected chi connectivity index (χ3v) is 19.2. The second-order valence-electron chi connectivity index (χ2n) is 25.3. The van der Waals surface area contributed by atoms with Gasteiger partial charge in [0.2, 0.25) is 0 Å². The van der Waals surface area contributed by atoms with Crippen LogP contribution in [0.2, 0.25) is 0 Å². The molecule has 0 bridgehead atoms. The average molecular weight is 1250 g/mol. The minimum absolute atomic E-state index is 0.157. The molecule has 1 N–H and O–H groups in total. The molecule has 0 unspecified atom stereocenters. The second-order valence-corrected chi connectivity index (χ2v) is 29.9. The molecule has 7 heterocycles. The van der Waals surface area contributed by atoms with Crippen molar-refractivity contribution in [2.24, 2.45) is 0 Å². The van der Waals surface area contributed by atoms with E-state index in [1.54, 1.807) is 0 Å². The van der Waals surface area contributed by atoms with E-state index in [1.807, 2.05) is 65.2 Å². The highest BCUT2D eigenvalue weighted by Gasteiger charge is 2.21. The topological polar surface area (TPSA) is 85.9 Å². The Labute approximate surface area is 537 Å². The molecule has 0 saturated heterocycles. The third-order valence-electron chi connectivity index (χ3n) is 14.7. The van der Waals surface area contributed by atoms with Gasteiger partial charge in [-0.05, 0) is 180 Å². The first-order chi connectivity index (χ1) is 41.7. The van der Waals surface area contributed by atoms with Crippen LogP contribution in [0.3, 0.4) is 0 Å². The molecule has 7 aliphatic rings. The number of benzene rings is 7. The largest absolute Gasteiger partial charge is 0.493 e. The Kier molecular flexibility index (Phi) is 24.7. The SMILES string of the molecule is CC(C)(C)c1ccc2c(c1)CCCO2.CC(C)(C)c1ccc2c(c1)OCCCO2.CC(C)(C)c1ccc2c(c1)OCCO2.Cc1ccc2c(c1)NCCO2.Cc1ccc2c(c1)OCCS2.Cc1ccc2c(c1)SCCO2.Cc1ccc2c(c1)SCCS2. The van der Waals surface area contributed by atoms with E-state index in [2.05, 4.69) is 205 Å². The van der Waals surface area contributed by atoms with Gasteiger partial charge in [0.1, 0.15) is 42.8 Å². The number of anilines is 1. The van der Waals surface area contributed by atoms with Crippen LogP contribution in [0.1, 0.15) is 120 Å². The van der Waals surface area contributed by atoms with Crippen molar-refractivity contribution < 1.29 is 37.9 Å². The van der Waals surface area contributed by atoms with Crippen LogP contribution in [0, 0.1) is 27.7 Å². The highest BCUT2D eigenvalue weighted by Crippen LogP contribution is 2.40. The van der Waals surface area contributed by atoms with Crippen molar-refractivity contribution in [2.75, 3.05) is 87.7 Å². The predicted octanol–water partition coefficient (Wildman–Crippen LogP) is 19.2. The van der Waals surface area contributed by atoms with Crippen molar-refractivity contribution in [1.82, 2.24) is 0 Å². The molecule has 0 radical (unpaired) electrons. The third kappa shape index (κ3) is 20.9. The molecule has 9 nitrogen and oxygen atoms in total. The number of fused-ring (bicyclic) bond motifs is 7. The van der Waals surface area contributed by atoms with Crippen LogP contribution in [0.15, 0.2) is 147 Å². The molecule has 0 saturated carbocycles. The Morgan fingerprint density at radius 1 is 0.310 bits per heavy atom. The maximum Gasteiger partial charge on any atom is 0.161 e. The van der Waals surface area contributed by atoms with Crippen LogP contribution in [-0.2, 0) is 22.7 Å².